The van der Waals surface area contributed by atoms with Gasteiger partial charge in [0.25, 0.3) is 0 Å². The molecule has 74 valence electrons. The lowest BCUT2D eigenvalue weighted by Gasteiger charge is -2.23. The first-order valence-electron chi connectivity index (χ1n) is 4.89. The zero-order valence-electron chi connectivity index (χ0n) is 8.62. The second-order valence-electron chi connectivity index (χ2n) is 3.45. The van der Waals surface area contributed by atoms with Crippen LogP contribution in [-0.4, -0.2) is 5.11 Å². The van der Waals surface area contributed by atoms with Crippen molar-refractivity contribution in [2.45, 2.75) is 32.1 Å². The number of phenols is 1. The minimum Gasteiger partial charge on any atom is -0.508 e. The molecule has 0 saturated heterocycles. The molecule has 0 aliphatic heterocycles. The third-order valence-corrected chi connectivity index (χ3v) is 2.82. The van der Waals surface area contributed by atoms with Gasteiger partial charge in [-0.25, -0.2) is 0 Å². The molecule has 1 aromatic carbocycles. The van der Waals surface area contributed by atoms with Crippen LogP contribution in [-0.2, 0) is 5.41 Å². The Morgan fingerprint density at radius 2 is 2.00 bits per heavy atom. The average Bonchev–Trinajstić information content (AvgIpc) is 2.22. The van der Waals surface area contributed by atoms with Gasteiger partial charge in [-0.1, -0.05) is 26.0 Å². The lowest BCUT2D eigenvalue weighted by molar-refractivity contribution is 0.466. The highest BCUT2D eigenvalue weighted by molar-refractivity contribution is 5.37. The highest BCUT2D eigenvalue weighted by Crippen LogP contribution is 2.32. The summed E-state index contributed by atoms with van der Waals surface area (Å²) in [5.41, 5.74) is 0.462. The van der Waals surface area contributed by atoms with Gasteiger partial charge in [0.05, 0.1) is 11.5 Å². The molecule has 0 heterocycles. The summed E-state index contributed by atoms with van der Waals surface area (Å²) in [5.74, 6) is 0.226. The first kappa shape index (κ1) is 10.6. The van der Waals surface area contributed by atoms with Crippen LogP contribution in [0.3, 0.4) is 0 Å². The minimum atomic E-state index is -0.446. The summed E-state index contributed by atoms with van der Waals surface area (Å²) in [6, 6.07) is 9.32. The molecule has 0 fully saturated rings. The zero-order valence-corrected chi connectivity index (χ0v) is 8.62. The van der Waals surface area contributed by atoms with Crippen molar-refractivity contribution >= 4 is 0 Å². The quantitative estimate of drug-likeness (QED) is 0.794. The number of nitriles is 1. The predicted octanol–water partition coefficient (Wildman–Crippen LogP) is 2.97. The molecular formula is C12H15NO. The van der Waals surface area contributed by atoms with Crippen LogP contribution in [0.5, 0.6) is 5.75 Å². The van der Waals surface area contributed by atoms with E-state index in [9.17, 15) is 10.4 Å². The number of aromatic hydroxyl groups is 1. The van der Waals surface area contributed by atoms with Gasteiger partial charge in [-0.15, -0.1) is 0 Å². The van der Waals surface area contributed by atoms with E-state index in [0.717, 1.165) is 18.4 Å². The van der Waals surface area contributed by atoms with Gasteiger partial charge in [-0.2, -0.15) is 5.26 Å². The number of phenolic OH excluding ortho intramolecular Hbond substituents is 1. The maximum atomic E-state index is 9.35. The third kappa shape index (κ3) is 1.72. The summed E-state index contributed by atoms with van der Waals surface area (Å²) in [6.07, 6.45) is 1.53. The van der Waals surface area contributed by atoms with E-state index in [4.69, 9.17) is 0 Å². The summed E-state index contributed by atoms with van der Waals surface area (Å²) in [4.78, 5) is 0. The van der Waals surface area contributed by atoms with E-state index in [0.29, 0.717) is 0 Å². The molecule has 0 spiro atoms. The first-order chi connectivity index (χ1) is 6.68. The Hall–Kier alpha value is -1.49. The number of hydrogen-bond donors (Lipinski definition) is 1. The monoisotopic (exact) mass is 189 g/mol. The molecule has 0 saturated carbocycles. The Balaban J connectivity index is 3.19. The van der Waals surface area contributed by atoms with E-state index in [2.05, 4.69) is 6.07 Å². The Bertz CT molecular complexity index is 348. The maximum absolute atomic E-state index is 9.35. The van der Waals surface area contributed by atoms with Crippen molar-refractivity contribution in [1.29, 1.82) is 5.26 Å². The second kappa shape index (κ2) is 4.15. The Morgan fingerprint density at radius 3 is 2.43 bits per heavy atom. The molecule has 0 radical (unpaired) electrons. The van der Waals surface area contributed by atoms with Crippen LogP contribution >= 0.6 is 0 Å². The largest absolute Gasteiger partial charge is 0.508 e. The van der Waals surface area contributed by atoms with Crippen LogP contribution < -0.4 is 0 Å². The van der Waals surface area contributed by atoms with Gasteiger partial charge in [0, 0.05) is 0 Å². The van der Waals surface area contributed by atoms with Crippen molar-refractivity contribution in [3.63, 3.8) is 0 Å². The van der Waals surface area contributed by atoms with Crippen molar-refractivity contribution in [2.75, 3.05) is 0 Å². The van der Waals surface area contributed by atoms with Gasteiger partial charge >= 0.3 is 0 Å². The third-order valence-electron chi connectivity index (χ3n) is 2.82. The van der Waals surface area contributed by atoms with Gasteiger partial charge < -0.3 is 5.11 Å². The molecule has 2 heteroatoms. The topological polar surface area (TPSA) is 44.0 Å². The molecule has 0 atom stereocenters. The summed E-state index contributed by atoms with van der Waals surface area (Å²) >= 11 is 0. The highest BCUT2D eigenvalue weighted by Gasteiger charge is 2.28. The molecule has 0 bridgehead atoms. The summed E-state index contributed by atoms with van der Waals surface area (Å²) in [5, 5.41) is 18.5. The molecular weight excluding hydrogens is 174 g/mol. The predicted molar refractivity (Wildman–Crippen MR) is 56.0 cm³/mol. The number of hydrogen-bond acceptors (Lipinski definition) is 2. The van der Waals surface area contributed by atoms with Crippen LogP contribution in [0, 0.1) is 11.3 Å². The molecule has 0 unspecified atom stereocenters. The van der Waals surface area contributed by atoms with E-state index in [1.165, 1.54) is 0 Å². The van der Waals surface area contributed by atoms with Gasteiger partial charge in [0.2, 0.25) is 0 Å². The fraction of sp³-hybridized carbons (Fsp3) is 0.417. The molecule has 0 aliphatic rings. The van der Waals surface area contributed by atoms with Crippen LogP contribution in [0.4, 0.5) is 0 Å². The van der Waals surface area contributed by atoms with Crippen molar-refractivity contribution in [3.05, 3.63) is 29.8 Å². The first-order valence-corrected chi connectivity index (χ1v) is 4.89. The van der Waals surface area contributed by atoms with Crippen LogP contribution in [0.15, 0.2) is 24.3 Å². The Labute approximate surface area is 84.8 Å². The molecule has 1 aromatic rings. The fourth-order valence-electron chi connectivity index (χ4n) is 1.68. The second-order valence-corrected chi connectivity index (χ2v) is 3.45. The summed E-state index contributed by atoms with van der Waals surface area (Å²) in [7, 11) is 0. The normalized spacial score (nSPS) is 10.9. The number of nitrogens with zero attached hydrogens (tertiary/aromatic N) is 1. The molecule has 0 aromatic heterocycles. The fourth-order valence-corrected chi connectivity index (χ4v) is 1.68. The Kier molecular flexibility index (Phi) is 3.14. The highest BCUT2D eigenvalue weighted by atomic mass is 16.3. The van der Waals surface area contributed by atoms with E-state index in [1.807, 2.05) is 19.9 Å². The van der Waals surface area contributed by atoms with Gasteiger partial charge in [-0.05, 0) is 30.5 Å². The molecule has 2 nitrogen and oxygen atoms in total. The SMILES string of the molecule is CCC(C#N)(CC)c1cccc(O)c1. The molecule has 1 N–H and O–H groups in total. The lowest BCUT2D eigenvalue weighted by atomic mass is 9.77. The maximum Gasteiger partial charge on any atom is 0.115 e. The standard InChI is InChI=1S/C12H15NO/c1-3-12(4-2,9-13)10-6-5-7-11(14)8-10/h5-8,14H,3-4H2,1-2H3. The summed E-state index contributed by atoms with van der Waals surface area (Å²) in [6.45, 7) is 3.99. The van der Waals surface area contributed by atoms with Gasteiger partial charge in [-0.3, -0.25) is 0 Å². The van der Waals surface area contributed by atoms with Crippen molar-refractivity contribution in [2.24, 2.45) is 0 Å². The smallest absolute Gasteiger partial charge is 0.115 e. The van der Waals surface area contributed by atoms with Crippen LogP contribution in [0.2, 0.25) is 0 Å². The zero-order chi connectivity index (χ0) is 10.6. The molecule has 14 heavy (non-hydrogen) atoms. The lowest BCUT2D eigenvalue weighted by Crippen LogP contribution is -2.21. The number of benzene rings is 1. The van der Waals surface area contributed by atoms with E-state index in [-0.39, 0.29) is 5.75 Å². The van der Waals surface area contributed by atoms with Crippen LogP contribution in [0.1, 0.15) is 32.3 Å². The van der Waals surface area contributed by atoms with E-state index < -0.39 is 5.41 Å². The van der Waals surface area contributed by atoms with Crippen molar-refractivity contribution < 1.29 is 5.11 Å². The van der Waals surface area contributed by atoms with E-state index >= 15 is 0 Å². The van der Waals surface area contributed by atoms with Gasteiger partial charge in [0.15, 0.2) is 0 Å². The molecule has 1 rings (SSSR count). The molecule has 0 amide bonds. The number of rotatable bonds is 3. The van der Waals surface area contributed by atoms with Crippen molar-refractivity contribution in [1.82, 2.24) is 0 Å². The Morgan fingerprint density at radius 1 is 1.36 bits per heavy atom. The van der Waals surface area contributed by atoms with Crippen LogP contribution in [0.25, 0.3) is 0 Å². The van der Waals surface area contributed by atoms with E-state index in [1.54, 1.807) is 18.2 Å². The minimum absolute atomic E-state index is 0.226. The molecule has 0 aliphatic carbocycles. The van der Waals surface area contributed by atoms with Crippen molar-refractivity contribution in [3.8, 4) is 11.8 Å². The summed E-state index contributed by atoms with van der Waals surface area (Å²) < 4.78 is 0. The average molecular weight is 189 g/mol. The van der Waals surface area contributed by atoms with Gasteiger partial charge in [0.1, 0.15) is 5.75 Å².